The van der Waals surface area contributed by atoms with Gasteiger partial charge in [-0.1, -0.05) is 0 Å². The molecule has 0 aromatic heterocycles. The van der Waals surface area contributed by atoms with Crippen molar-refractivity contribution in [1.29, 1.82) is 0 Å². The van der Waals surface area contributed by atoms with E-state index in [1.807, 2.05) is 0 Å². The predicted molar refractivity (Wildman–Crippen MR) is 92.4 cm³/mol. The molecule has 1 aliphatic heterocycles. The smallest absolute Gasteiger partial charge is 0.261 e. The normalized spacial score (nSPS) is 16.6. The van der Waals surface area contributed by atoms with Gasteiger partial charge in [-0.2, -0.15) is 0 Å². The monoisotopic (exact) mass is 360 g/mol. The highest BCUT2D eigenvalue weighted by Crippen LogP contribution is 2.37. The van der Waals surface area contributed by atoms with Crippen LogP contribution in [0.25, 0.3) is 0 Å². The van der Waals surface area contributed by atoms with Gasteiger partial charge in [0.1, 0.15) is 5.82 Å². The van der Waals surface area contributed by atoms with Crippen LogP contribution in [-0.4, -0.2) is 20.9 Å². The van der Waals surface area contributed by atoms with E-state index in [0.717, 1.165) is 24.1 Å². The second-order valence-electron chi connectivity index (χ2n) is 6.42. The number of hydrogen-bond donors (Lipinski definition) is 1. The Balaban J connectivity index is 1.59. The third-order valence-electron chi connectivity index (χ3n) is 4.55. The Labute approximate surface area is 145 Å². The molecule has 0 bridgehead atoms. The highest BCUT2D eigenvalue weighted by molar-refractivity contribution is 7.92. The SMILES string of the molecule is O=C(C1CC1)N1CCc2cc(S(=O)(=O)Nc3ccc(F)cc3)ccc21. The second kappa shape index (κ2) is 5.84. The predicted octanol–water partition coefficient (Wildman–Crippen LogP) is 2.93. The molecule has 4 rings (SSSR count). The van der Waals surface area contributed by atoms with E-state index in [9.17, 15) is 17.6 Å². The van der Waals surface area contributed by atoms with Crippen LogP contribution in [-0.2, 0) is 21.2 Å². The molecule has 25 heavy (non-hydrogen) atoms. The van der Waals surface area contributed by atoms with Crippen molar-refractivity contribution in [3.8, 4) is 0 Å². The van der Waals surface area contributed by atoms with E-state index in [-0.39, 0.29) is 16.7 Å². The van der Waals surface area contributed by atoms with Crippen molar-refractivity contribution in [1.82, 2.24) is 0 Å². The van der Waals surface area contributed by atoms with Gasteiger partial charge in [-0.15, -0.1) is 0 Å². The highest BCUT2D eigenvalue weighted by Gasteiger charge is 2.36. The molecule has 5 nitrogen and oxygen atoms in total. The van der Waals surface area contributed by atoms with Crippen LogP contribution in [0.15, 0.2) is 47.4 Å². The van der Waals surface area contributed by atoms with Crippen LogP contribution in [0.2, 0.25) is 0 Å². The van der Waals surface area contributed by atoms with E-state index in [1.165, 1.54) is 30.3 Å². The van der Waals surface area contributed by atoms with Crippen LogP contribution in [0.4, 0.5) is 15.8 Å². The number of carbonyl (C=O) groups is 1. The van der Waals surface area contributed by atoms with Crippen LogP contribution in [0, 0.1) is 11.7 Å². The maximum Gasteiger partial charge on any atom is 0.261 e. The van der Waals surface area contributed by atoms with E-state index in [1.54, 1.807) is 17.0 Å². The number of halogens is 1. The Morgan fingerprint density at radius 3 is 2.52 bits per heavy atom. The van der Waals surface area contributed by atoms with Gasteiger partial charge in [0.05, 0.1) is 4.90 Å². The molecular formula is C18H17FN2O3S. The lowest BCUT2D eigenvalue weighted by Gasteiger charge is -2.17. The van der Waals surface area contributed by atoms with Crippen molar-refractivity contribution in [2.75, 3.05) is 16.2 Å². The molecule has 0 radical (unpaired) electrons. The molecule has 1 heterocycles. The number of nitrogens with one attached hydrogen (secondary N) is 1. The first-order valence-electron chi connectivity index (χ1n) is 8.17. The van der Waals surface area contributed by atoms with Crippen molar-refractivity contribution < 1.29 is 17.6 Å². The molecule has 2 aromatic rings. The Kier molecular flexibility index (Phi) is 3.76. The van der Waals surface area contributed by atoms with Gasteiger partial charge in [-0.05, 0) is 67.3 Å². The van der Waals surface area contributed by atoms with E-state index in [0.29, 0.717) is 18.7 Å². The molecule has 0 saturated heterocycles. The zero-order valence-corrected chi connectivity index (χ0v) is 14.2. The summed E-state index contributed by atoms with van der Waals surface area (Å²) in [5, 5.41) is 0. The summed E-state index contributed by atoms with van der Waals surface area (Å²) in [5.74, 6) is -0.158. The minimum atomic E-state index is -3.77. The summed E-state index contributed by atoms with van der Waals surface area (Å²) in [5.41, 5.74) is 1.96. The van der Waals surface area contributed by atoms with E-state index >= 15 is 0 Å². The van der Waals surface area contributed by atoms with E-state index in [4.69, 9.17) is 0 Å². The summed E-state index contributed by atoms with van der Waals surface area (Å²) in [7, 11) is -3.77. The first-order valence-corrected chi connectivity index (χ1v) is 9.65. The molecule has 1 fully saturated rings. The Hall–Kier alpha value is -2.41. The lowest BCUT2D eigenvalue weighted by Crippen LogP contribution is -2.30. The van der Waals surface area contributed by atoms with Gasteiger partial charge in [-0.25, -0.2) is 12.8 Å². The summed E-state index contributed by atoms with van der Waals surface area (Å²) < 4.78 is 40.5. The Bertz CT molecular complexity index is 937. The number of nitrogens with zero attached hydrogens (tertiary/aromatic N) is 1. The third kappa shape index (κ3) is 3.11. The standard InChI is InChI=1S/C18H17FN2O3S/c19-14-3-5-15(6-4-14)20-25(23,24)16-7-8-17-13(11-16)9-10-21(17)18(22)12-1-2-12/h3-8,11-12,20H,1-2,9-10H2. The van der Waals surface area contributed by atoms with Crippen molar-refractivity contribution in [2.24, 2.45) is 5.92 Å². The van der Waals surface area contributed by atoms with Crippen LogP contribution in [0.5, 0.6) is 0 Å². The quantitative estimate of drug-likeness (QED) is 0.912. The molecule has 0 atom stereocenters. The summed E-state index contributed by atoms with van der Waals surface area (Å²) in [4.78, 5) is 14.2. The second-order valence-corrected chi connectivity index (χ2v) is 8.10. The van der Waals surface area contributed by atoms with Gasteiger partial charge in [-0.3, -0.25) is 9.52 Å². The number of amides is 1. The van der Waals surface area contributed by atoms with E-state index < -0.39 is 15.8 Å². The largest absolute Gasteiger partial charge is 0.312 e. The van der Waals surface area contributed by atoms with Gasteiger partial charge >= 0.3 is 0 Å². The Morgan fingerprint density at radius 2 is 1.84 bits per heavy atom. The molecule has 0 unspecified atom stereocenters. The fourth-order valence-corrected chi connectivity index (χ4v) is 4.17. The molecule has 1 saturated carbocycles. The van der Waals surface area contributed by atoms with Gasteiger partial charge in [0, 0.05) is 23.8 Å². The summed E-state index contributed by atoms with van der Waals surface area (Å²) in [6.07, 6.45) is 2.53. The van der Waals surface area contributed by atoms with Crippen molar-refractivity contribution in [2.45, 2.75) is 24.2 Å². The number of sulfonamides is 1. The Morgan fingerprint density at radius 1 is 1.12 bits per heavy atom. The third-order valence-corrected chi connectivity index (χ3v) is 5.92. The van der Waals surface area contributed by atoms with Crippen LogP contribution >= 0.6 is 0 Å². The minimum absolute atomic E-state index is 0.134. The van der Waals surface area contributed by atoms with Gasteiger partial charge in [0.15, 0.2) is 0 Å². The molecule has 1 N–H and O–H groups in total. The van der Waals surface area contributed by atoms with Crippen molar-refractivity contribution in [3.63, 3.8) is 0 Å². The fourth-order valence-electron chi connectivity index (χ4n) is 3.06. The number of hydrogen-bond acceptors (Lipinski definition) is 3. The zero-order valence-electron chi connectivity index (χ0n) is 13.4. The van der Waals surface area contributed by atoms with E-state index in [2.05, 4.69) is 4.72 Å². The molecule has 7 heteroatoms. The first-order chi connectivity index (χ1) is 11.9. The van der Waals surface area contributed by atoms with Crippen LogP contribution in [0.3, 0.4) is 0 Å². The molecule has 1 amide bonds. The topological polar surface area (TPSA) is 66.5 Å². The summed E-state index contributed by atoms with van der Waals surface area (Å²) in [6, 6.07) is 9.95. The van der Waals surface area contributed by atoms with Crippen molar-refractivity contribution >= 4 is 27.3 Å². The molecule has 0 spiro atoms. The lowest BCUT2D eigenvalue weighted by molar-refractivity contribution is -0.119. The maximum atomic E-state index is 12.9. The average Bonchev–Trinajstić information content (AvgIpc) is 3.35. The van der Waals surface area contributed by atoms with Crippen molar-refractivity contribution in [3.05, 3.63) is 53.8 Å². The summed E-state index contributed by atoms with van der Waals surface area (Å²) >= 11 is 0. The number of benzene rings is 2. The molecule has 1 aliphatic carbocycles. The maximum absolute atomic E-state index is 12.9. The molecule has 130 valence electrons. The first kappa shape index (κ1) is 16.1. The van der Waals surface area contributed by atoms with Gasteiger partial charge < -0.3 is 4.90 Å². The number of anilines is 2. The van der Waals surface area contributed by atoms with Gasteiger partial charge in [0.25, 0.3) is 10.0 Å². The highest BCUT2D eigenvalue weighted by atomic mass is 32.2. The summed E-state index contributed by atoms with van der Waals surface area (Å²) in [6.45, 7) is 0.597. The zero-order chi connectivity index (χ0) is 17.6. The number of rotatable bonds is 4. The molecule has 2 aliphatic rings. The number of carbonyl (C=O) groups excluding carboxylic acids is 1. The molecular weight excluding hydrogens is 343 g/mol. The van der Waals surface area contributed by atoms with Crippen LogP contribution in [0.1, 0.15) is 18.4 Å². The van der Waals surface area contributed by atoms with Crippen LogP contribution < -0.4 is 9.62 Å². The van der Waals surface area contributed by atoms with Gasteiger partial charge in [0.2, 0.25) is 5.91 Å². The minimum Gasteiger partial charge on any atom is -0.312 e. The lowest BCUT2D eigenvalue weighted by atomic mass is 10.2. The average molecular weight is 360 g/mol. The number of fused-ring (bicyclic) bond motifs is 1. The molecule has 2 aromatic carbocycles. The fraction of sp³-hybridized carbons (Fsp3) is 0.278.